The third-order valence-corrected chi connectivity index (χ3v) is 2.35. The van der Waals surface area contributed by atoms with E-state index in [4.69, 9.17) is 11.6 Å². The second kappa shape index (κ2) is 3.24. The standard InChI is InChI=1S/C7H12ClNO/c1-2-6-3-4-9(5-6)7(8)10/h6H,2-5H2,1H3. The van der Waals surface area contributed by atoms with Crippen LogP contribution in [0.15, 0.2) is 0 Å². The quantitative estimate of drug-likeness (QED) is 0.426. The maximum absolute atomic E-state index is 10.6. The van der Waals surface area contributed by atoms with Crippen molar-refractivity contribution >= 4 is 17.0 Å². The van der Waals surface area contributed by atoms with Gasteiger partial charge in [-0.15, -0.1) is 0 Å². The second-order valence-corrected chi connectivity index (χ2v) is 3.09. The smallest absolute Gasteiger partial charge is 0.316 e. The first kappa shape index (κ1) is 7.86. The van der Waals surface area contributed by atoms with Crippen LogP contribution in [0.2, 0.25) is 0 Å². The molecule has 0 aliphatic carbocycles. The molecule has 2 nitrogen and oxygen atoms in total. The zero-order valence-corrected chi connectivity index (χ0v) is 6.90. The van der Waals surface area contributed by atoms with Gasteiger partial charge in [-0.3, -0.25) is 4.79 Å². The van der Waals surface area contributed by atoms with Crippen molar-refractivity contribution in [2.24, 2.45) is 5.92 Å². The zero-order valence-electron chi connectivity index (χ0n) is 6.14. The molecule has 58 valence electrons. The zero-order chi connectivity index (χ0) is 7.56. The van der Waals surface area contributed by atoms with Crippen LogP contribution in [0.5, 0.6) is 0 Å². The van der Waals surface area contributed by atoms with Gasteiger partial charge in [-0.05, 0) is 23.9 Å². The molecule has 1 rings (SSSR count). The topological polar surface area (TPSA) is 20.3 Å². The van der Waals surface area contributed by atoms with E-state index in [0.717, 1.165) is 25.9 Å². The van der Waals surface area contributed by atoms with Crippen LogP contribution in [-0.4, -0.2) is 23.4 Å². The summed E-state index contributed by atoms with van der Waals surface area (Å²) in [6.45, 7) is 3.85. The maximum atomic E-state index is 10.6. The molecule has 0 aromatic heterocycles. The van der Waals surface area contributed by atoms with E-state index in [2.05, 4.69) is 6.92 Å². The molecule has 0 spiro atoms. The van der Waals surface area contributed by atoms with Crippen LogP contribution in [0.4, 0.5) is 4.79 Å². The molecule has 10 heavy (non-hydrogen) atoms. The first-order valence-electron chi connectivity index (χ1n) is 3.68. The fourth-order valence-corrected chi connectivity index (χ4v) is 1.48. The molecule has 1 aliphatic heterocycles. The highest BCUT2D eigenvalue weighted by Gasteiger charge is 2.23. The van der Waals surface area contributed by atoms with Crippen molar-refractivity contribution < 1.29 is 4.79 Å². The second-order valence-electron chi connectivity index (χ2n) is 2.76. The highest BCUT2D eigenvalue weighted by molar-refractivity contribution is 6.62. The van der Waals surface area contributed by atoms with Crippen LogP contribution in [0, 0.1) is 5.92 Å². The molecular weight excluding hydrogens is 150 g/mol. The highest BCUT2D eigenvalue weighted by atomic mass is 35.5. The number of nitrogens with zero attached hydrogens (tertiary/aromatic N) is 1. The summed E-state index contributed by atoms with van der Waals surface area (Å²) < 4.78 is 0. The van der Waals surface area contributed by atoms with Gasteiger partial charge in [0.2, 0.25) is 0 Å². The fourth-order valence-electron chi connectivity index (χ4n) is 1.33. The van der Waals surface area contributed by atoms with Gasteiger partial charge < -0.3 is 4.90 Å². The lowest BCUT2D eigenvalue weighted by Gasteiger charge is -2.10. The molecule has 0 bridgehead atoms. The Hall–Kier alpha value is -0.240. The largest absolute Gasteiger partial charge is 0.329 e. The number of carbonyl (C=O) groups excluding carboxylic acids is 1. The van der Waals surface area contributed by atoms with Crippen molar-refractivity contribution in [3.05, 3.63) is 0 Å². The van der Waals surface area contributed by atoms with Crippen LogP contribution >= 0.6 is 11.6 Å². The van der Waals surface area contributed by atoms with E-state index in [9.17, 15) is 4.79 Å². The third kappa shape index (κ3) is 1.63. The lowest BCUT2D eigenvalue weighted by Crippen LogP contribution is -2.22. The minimum absolute atomic E-state index is 0.295. The van der Waals surface area contributed by atoms with Gasteiger partial charge in [0.25, 0.3) is 0 Å². The molecule has 1 fully saturated rings. The molecule has 1 unspecified atom stereocenters. The van der Waals surface area contributed by atoms with Crippen molar-refractivity contribution in [3.8, 4) is 0 Å². The van der Waals surface area contributed by atoms with E-state index in [1.54, 1.807) is 4.90 Å². The van der Waals surface area contributed by atoms with Crippen molar-refractivity contribution in [1.29, 1.82) is 0 Å². The Kier molecular flexibility index (Phi) is 2.55. The Morgan fingerprint density at radius 2 is 2.50 bits per heavy atom. The molecule has 0 radical (unpaired) electrons. The van der Waals surface area contributed by atoms with E-state index in [-0.39, 0.29) is 5.37 Å². The maximum Gasteiger partial charge on any atom is 0.316 e. The number of hydrogen-bond donors (Lipinski definition) is 0. The molecule has 0 aromatic rings. The Balaban J connectivity index is 2.35. The van der Waals surface area contributed by atoms with Gasteiger partial charge in [-0.1, -0.05) is 13.3 Å². The van der Waals surface area contributed by atoms with Crippen LogP contribution < -0.4 is 0 Å². The molecule has 0 N–H and O–H groups in total. The minimum atomic E-state index is -0.295. The average Bonchev–Trinajstić information content (AvgIpc) is 2.34. The van der Waals surface area contributed by atoms with Gasteiger partial charge in [0.15, 0.2) is 0 Å². The molecule has 1 atom stereocenters. The predicted octanol–water partition coefficient (Wildman–Crippen LogP) is 2.08. The van der Waals surface area contributed by atoms with Gasteiger partial charge in [-0.25, -0.2) is 0 Å². The van der Waals surface area contributed by atoms with Gasteiger partial charge in [0, 0.05) is 13.1 Å². The summed E-state index contributed by atoms with van der Waals surface area (Å²) in [6, 6.07) is 0. The summed E-state index contributed by atoms with van der Waals surface area (Å²) >= 11 is 5.29. The Bertz CT molecular complexity index is 138. The third-order valence-electron chi connectivity index (χ3n) is 2.11. The number of hydrogen-bond acceptors (Lipinski definition) is 1. The van der Waals surface area contributed by atoms with E-state index in [1.807, 2.05) is 0 Å². The Morgan fingerprint density at radius 3 is 2.80 bits per heavy atom. The summed E-state index contributed by atoms with van der Waals surface area (Å²) in [5.74, 6) is 0.683. The number of amides is 1. The van der Waals surface area contributed by atoms with E-state index in [0.29, 0.717) is 5.92 Å². The molecule has 1 heterocycles. The molecule has 1 saturated heterocycles. The summed E-state index contributed by atoms with van der Waals surface area (Å²) in [7, 11) is 0. The molecular formula is C7H12ClNO. The number of rotatable bonds is 1. The molecule has 1 aliphatic rings. The molecule has 3 heteroatoms. The highest BCUT2D eigenvalue weighted by Crippen LogP contribution is 2.19. The Labute approximate surface area is 66.1 Å². The lowest BCUT2D eigenvalue weighted by molar-refractivity contribution is 0.230. The van der Waals surface area contributed by atoms with Crippen molar-refractivity contribution in [3.63, 3.8) is 0 Å². The summed E-state index contributed by atoms with van der Waals surface area (Å²) in [5.41, 5.74) is 0. The minimum Gasteiger partial charge on any atom is -0.329 e. The monoisotopic (exact) mass is 161 g/mol. The van der Waals surface area contributed by atoms with Crippen molar-refractivity contribution in [1.82, 2.24) is 4.90 Å². The van der Waals surface area contributed by atoms with Gasteiger partial charge in [-0.2, -0.15) is 0 Å². The summed E-state index contributed by atoms with van der Waals surface area (Å²) in [6.07, 6.45) is 2.27. The van der Waals surface area contributed by atoms with Crippen LogP contribution in [0.25, 0.3) is 0 Å². The van der Waals surface area contributed by atoms with Crippen molar-refractivity contribution in [2.75, 3.05) is 13.1 Å². The predicted molar refractivity (Wildman–Crippen MR) is 41.2 cm³/mol. The van der Waals surface area contributed by atoms with E-state index in [1.165, 1.54) is 0 Å². The average molecular weight is 162 g/mol. The number of likely N-dealkylation sites (tertiary alicyclic amines) is 1. The summed E-state index contributed by atoms with van der Waals surface area (Å²) in [5, 5.41) is -0.295. The SMILES string of the molecule is CCC1CCN(C(=O)Cl)C1. The van der Waals surface area contributed by atoms with Gasteiger partial charge in [0.1, 0.15) is 0 Å². The molecule has 0 aromatic carbocycles. The first-order valence-corrected chi connectivity index (χ1v) is 4.06. The normalized spacial score (nSPS) is 25.4. The fraction of sp³-hybridized carbons (Fsp3) is 0.857. The van der Waals surface area contributed by atoms with E-state index < -0.39 is 0 Å². The first-order chi connectivity index (χ1) is 4.74. The summed E-state index contributed by atoms with van der Waals surface area (Å²) in [4.78, 5) is 12.3. The number of halogens is 1. The van der Waals surface area contributed by atoms with Crippen molar-refractivity contribution in [2.45, 2.75) is 19.8 Å². The molecule has 0 saturated carbocycles. The van der Waals surface area contributed by atoms with Crippen LogP contribution in [-0.2, 0) is 0 Å². The van der Waals surface area contributed by atoms with Crippen LogP contribution in [0.3, 0.4) is 0 Å². The van der Waals surface area contributed by atoms with Crippen LogP contribution in [0.1, 0.15) is 19.8 Å². The van der Waals surface area contributed by atoms with Gasteiger partial charge >= 0.3 is 5.37 Å². The molecule has 1 amide bonds. The Morgan fingerprint density at radius 1 is 1.80 bits per heavy atom. The van der Waals surface area contributed by atoms with E-state index >= 15 is 0 Å². The van der Waals surface area contributed by atoms with Gasteiger partial charge in [0.05, 0.1) is 0 Å². The lowest BCUT2D eigenvalue weighted by atomic mass is 10.1. The number of carbonyl (C=O) groups is 1.